The van der Waals surface area contributed by atoms with Gasteiger partial charge in [0.2, 0.25) is 0 Å². The fourth-order valence-corrected chi connectivity index (χ4v) is 5.17. The Bertz CT molecular complexity index is 1340. The average molecular weight is 648 g/mol. The van der Waals surface area contributed by atoms with Crippen molar-refractivity contribution in [1.29, 1.82) is 0 Å². The van der Waals surface area contributed by atoms with E-state index >= 15 is 0 Å². The predicted molar refractivity (Wildman–Crippen MR) is 182 cm³/mol. The highest BCUT2D eigenvalue weighted by Gasteiger charge is 2.28. The zero-order valence-electron chi connectivity index (χ0n) is 27.8. The van der Waals surface area contributed by atoms with Crippen molar-refractivity contribution in [1.82, 2.24) is 0 Å². The molecule has 1 atom stereocenters. The first-order chi connectivity index (χ1) is 22.9. The molecule has 3 aromatic rings. The smallest absolute Gasteiger partial charge is 0.320 e. The molecule has 0 N–H and O–H groups in total. The van der Waals surface area contributed by atoms with E-state index in [1.807, 2.05) is 48.5 Å². The molecule has 0 radical (unpaired) electrons. The van der Waals surface area contributed by atoms with Gasteiger partial charge in [0.1, 0.15) is 18.1 Å². The normalized spacial score (nSPS) is 11.4. The molecule has 3 aromatic carbocycles. The van der Waals surface area contributed by atoms with Crippen LogP contribution < -0.4 is 9.47 Å². The molecule has 0 spiro atoms. The van der Waals surface area contributed by atoms with Gasteiger partial charge in [-0.15, -0.1) is 0 Å². The molecule has 1 unspecified atom stereocenters. The molecule has 0 aliphatic heterocycles. The minimum absolute atomic E-state index is 0.0574. The van der Waals surface area contributed by atoms with E-state index in [4.69, 9.17) is 18.9 Å². The second-order valence-corrected chi connectivity index (χ2v) is 11.7. The van der Waals surface area contributed by atoms with E-state index in [1.165, 1.54) is 44.9 Å². The highest BCUT2D eigenvalue weighted by Crippen LogP contribution is 2.25. The molecule has 0 aliphatic carbocycles. The minimum atomic E-state index is -0.856. The number of non-ortho nitro benzene ring substituents is 1. The summed E-state index contributed by atoms with van der Waals surface area (Å²) < 4.78 is 22.0. The number of nitrogens with zero attached hydrogens (tertiary/aromatic N) is 1. The second kappa shape index (κ2) is 21.4. The van der Waals surface area contributed by atoms with E-state index in [2.05, 4.69) is 6.92 Å². The van der Waals surface area contributed by atoms with E-state index in [0.717, 1.165) is 67.4 Å². The third-order valence-electron chi connectivity index (χ3n) is 8.01. The molecule has 9 nitrogen and oxygen atoms in total. The Hall–Kier alpha value is -4.40. The summed E-state index contributed by atoms with van der Waals surface area (Å²) in [4.78, 5) is 35.1. The topological polar surface area (TPSA) is 114 Å². The van der Waals surface area contributed by atoms with Crippen LogP contribution in [0.15, 0.2) is 72.8 Å². The molecule has 0 aromatic heterocycles. The summed E-state index contributed by atoms with van der Waals surface area (Å²) >= 11 is 0. The maximum Gasteiger partial charge on any atom is 0.320 e. The molecule has 9 heteroatoms. The van der Waals surface area contributed by atoms with Gasteiger partial charge in [-0.25, -0.2) is 0 Å². The van der Waals surface area contributed by atoms with Gasteiger partial charge in [-0.1, -0.05) is 89.0 Å². The molecule has 0 saturated heterocycles. The molecule has 0 heterocycles. The van der Waals surface area contributed by atoms with Crippen LogP contribution in [0.25, 0.3) is 11.1 Å². The van der Waals surface area contributed by atoms with Crippen molar-refractivity contribution >= 4 is 17.6 Å². The van der Waals surface area contributed by atoms with Gasteiger partial charge in [-0.05, 0) is 72.4 Å². The number of carbonyl (C=O) groups excluding carboxylic acids is 2. The van der Waals surface area contributed by atoms with Crippen LogP contribution in [0.3, 0.4) is 0 Å². The first kappa shape index (κ1) is 37.1. The molecule has 3 rings (SSSR count). The molecule has 0 bridgehead atoms. The van der Waals surface area contributed by atoms with Crippen molar-refractivity contribution < 1.29 is 33.5 Å². The Balaban J connectivity index is 1.29. The van der Waals surface area contributed by atoms with Crippen LogP contribution in [0.1, 0.15) is 89.5 Å². The number of methoxy groups -OCH3 is 1. The number of esters is 2. The van der Waals surface area contributed by atoms with E-state index < -0.39 is 22.8 Å². The van der Waals surface area contributed by atoms with Gasteiger partial charge in [0.25, 0.3) is 5.69 Å². The monoisotopic (exact) mass is 647 g/mol. The lowest BCUT2D eigenvalue weighted by Gasteiger charge is -2.14. The number of hydrogen-bond acceptors (Lipinski definition) is 8. The van der Waals surface area contributed by atoms with Gasteiger partial charge in [0, 0.05) is 12.1 Å². The third-order valence-corrected chi connectivity index (χ3v) is 8.01. The number of unbranched alkanes of at least 4 members (excludes halogenated alkanes) is 9. The summed E-state index contributed by atoms with van der Waals surface area (Å²) in [5.41, 5.74) is 3.02. The molecule has 0 saturated carbocycles. The zero-order chi connectivity index (χ0) is 33.7. The second-order valence-electron chi connectivity index (χ2n) is 11.7. The number of nitro benzene ring substituents is 1. The molecule has 47 heavy (non-hydrogen) atoms. The summed E-state index contributed by atoms with van der Waals surface area (Å²) in [7, 11) is 1.31. The minimum Gasteiger partial charge on any atom is -0.494 e. The molecule has 254 valence electrons. The highest BCUT2D eigenvalue weighted by molar-refractivity contribution is 5.94. The van der Waals surface area contributed by atoms with Crippen LogP contribution in [0.2, 0.25) is 0 Å². The van der Waals surface area contributed by atoms with Gasteiger partial charge >= 0.3 is 11.9 Å². The summed E-state index contributed by atoms with van der Waals surface area (Å²) in [5.74, 6) is -0.341. The fraction of sp³-hybridized carbons (Fsp3) is 0.474. The molecule has 0 aliphatic rings. The van der Waals surface area contributed by atoms with Gasteiger partial charge in [-0.2, -0.15) is 0 Å². The third kappa shape index (κ3) is 13.9. The summed E-state index contributed by atoms with van der Waals surface area (Å²) in [6, 6.07) is 22.0. The van der Waals surface area contributed by atoms with Gasteiger partial charge in [0.15, 0.2) is 5.92 Å². The largest absolute Gasteiger partial charge is 0.494 e. The first-order valence-electron chi connectivity index (χ1n) is 16.8. The van der Waals surface area contributed by atoms with Crippen LogP contribution in [0, 0.1) is 16.0 Å². The fourth-order valence-electron chi connectivity index (χ4n) is 5.17. The van der Waals surface area contributed by atoms with Crippen molar-refractivity contribution in [2.75, 3.05) is 20.3 Å². The molecular weight excluding hydrogens is 598 g/mol. The number of carbonyl (C=O) groups is 2. The molecule has 0 amide bonds. The lowest BCUT2D eigenvalue weighted by Crippen LogP contribution is -2.27. The van der Waals surface area contributed by atoms with Crippen molar-refractivity contribution in [3.63, 3.8) is 0 Å². The Labute approximate surface area is 278 Å². The molecular formula is C38H49NO8. The Morgan fingerprint density at radius 3 is 1.77 bits per heavy atom. The van der Waals surface area contributed by atoms with Crippen LogP contribution >= 0.6 is 0 Å². The lowest BCUT2D eigenvalue weighted by atomic mass is 10.0. The summed E-state index contributed by atoms with van der Waals surface area (Å²) in [6.45, 7) is 3.46. The lowest BCUT2D eigenvalue weighted by molar-refractivity contribution is -0.384. The van der Waals surface area contributed by atoms with Crippen molar-refractivity contribution in [3.05, 3.63) is 88.5 Å². The number of rotatable bonds is 23. The average Bonchev–Trinajstić information content (AvgIpc) is 3.10. The van der Waals surface area contributed by atoms with E-state index in [-0.39, 0.29) is 5.69 Å². The van der Waals surface area contributed by atoms with Crippen molar-refractivity contribution in [3.8, 4) is 22.6 Å². The maximum absolute atomic E-state index is 12.5. The number of benzene rings is 3. The van der Waals surface area contributed by atoms with Crippen molar-refractivity contribution in [2.24, 2.45) is 5.92 Å². The van der Waals surface area contributed by atoms with E-state index in [1.54, 1.807) is 12.1 Å². The van der Waals surface area contributed by atoms with E-state index in [9.17, 15) is 19.7 Å². The van der Waals surface area contributed by atoms with Crippen molar-refractivity contribution in [2.45, 2.75) is 90.6 Å². The number of hydrogen-bond donors (Lipinski definition) is 0. The predicted octanol–water partition coefficient (Wildman–Crippen LogP) is 9.25. The van der Waals surface area contributed by atoms with Gasteiger partial charge in [-0.3, -0.25) is 19.7 Å². The Kier molecular flexibility index (Phi) is 16.9. The SMILES string of the molecule is CCCCCCCCCOC(=O)C(CCCCCCOc1ccc(-c2ccc(OCc3ccc([N+](=O)[O-])cc3)cc2)cc1)C(=O)OC. The number of ether oxygens (including phenoxy) is 4. The quantitative estimate of drug-likeness (QED) is 0.0329. The van der Waals surface area contributed by atoms with Gasteiger partial charge in [0.05, 0.1) is 25.2 Å². The molecule has 0 fully saturated rings. The zero-order valence-corrected chi connectivity index (χ0v) is 27.8. The van der Waals surface area contributed by atoms with E-state index in [0.29, 0.717) is 32.0 Å². The highest BCUT2D eigenvalue weighted by atomic mass is 16.6. The Morgan fingerprint density at radius 1 is 0.660 bits per heavy atom. The van der Waals surface area contributed by atoms with Crippen LogP contribution in [-0.4, -0.2) is 37.2 Å². The number of nitro groups is 1. The standard InChI is InChI=1S/C38H49NO8/c1-3-4-5-6-7-9-13-28-46-38(41)36(37(40)44-2)14-11-8-10-12-27-45-34-23-17-31(18-24-34)32-19-25-35(26-20-32)47-29-30-15-21-33(22-16-30)39(42)43/h15-26,36H,3-14,27-29H2,1-2H3. The first-order valence-corrected chi connectivity index (χ1v) is 16.8. The summed E-state index contributed by atoms with van der Waals surface area (Å²) in [5, 5.41) is 10.8. The maximum atomic E-state index is 12.5. The van der Waals surface area contributed by atoms with Crippen LogP contribution in [0.5, 0.6) is 11.5 Å². The van der Waals surface area contributed by atoms with Gasteiger partial charge < -0.3 is 18.9 Å². The summed E-state index contributed by atoms with van der Waals surface area (Å²) in [6.07, 6.45) is 11.8. The Morgan fingerprint density at radius 2 is 1.19 bits per heavy atom. The van der Waals surface area contributed by atoms with Crippen LogP contribution in [0.4, 0.5) is 5.69 Å². The van der Waals surface area contributed by atoms with Crippen LogP contribution in [-0.2, 0) is 25.7 Å².